The average Bonchev–Trinajstić information content (AvgIpc) is 2.93. The summed E-state index contributed by atoms with van der Waals surface area (Å²) in [6.07, 6.45) is 1.15. The number of hydrogen-bond acceptors (Lipinski definition) is 3. The Morgan fingerprint density at radius 2 is 2.25 bits per heavy atom. The zero-order valence-electron chi connectivity index (χ0n) is 10.9. The Hall–Kier alpha value is -2.51. The van der Waals surface area contributed by atoms with E-state index in [4.69, 9.17) is 5.11 Å². The number of amides is 3. The minimum absolute atomic E-state index is 0.0216. The highest BCUT2D eigenvalue weighted by Gasteiger charge is 2.21. The Bertz CT molecular complexity index is 552. The van der Waals surface area contributed by atoms with Crippen LogP contribution in [-0.2, 0) is 4.79 Å². The number of aryl methyl sites for hydroxylation is 1. The van der Waals surface area contributed by atoms with Gasteiger partial charge in [-0.1, -0.05) is 0 Å². The zero-order valence-corrected chi connectivity index (χ0v) is 10.9. The molecule has 3 amide bonds. The minimum atomic E-state index is -1.14. The van der Waals surface area contributed by atoms with Crippen molar-refractivity contribution >= 4 is 23.6 Å². The molecule has 1 unspecified atom stereocenters. The highest BCUT2D eigenvalue weighted by molar-refractivity contribution is 5.99. The number of hydrogen-bond donors (Lipinski definition) is 5. The number of aromatic carboxylic acids is 1. The van der Waals surface area contributed by atoms with Gasteiger partial charge in [-0.25, -0.2) is 9.59 Å². The van der Waals surface area contributed by atoms with E-state index in [1.807, 2.05) is 0 Å². The normalized spacial score (nSPS) is 17.6. The summed E-state index contributed by atoms with van der Waals surface area (Å²) in [6.45, 7) is 2.01. The first-order valence-corrected chi connectivity index (χ1v) is 6.23. The quantitative estimate of drug-likeness (QED) is 0.548. The summed E-state index contributed by atoms with van der Waals surface area (Å²) in [7, 11) is 0. The fraction of sp³-hybridized carbons (Fsp3) is 0.417. The lowest BCUT2D eigenvalue weighted by molar-refractivity contribution is -0.119. The summed E-state index contributed by atoms with van der Waals surface area (Å²) in [4.78, 5) is 36.3. The summed E-state index contributed by atoms with van der Waals surface area (Å²) < 4.78 is 0. The van der Waals surface area contributed by atoms with Crippen molar-refractivity contribution in [1.82, 2.24) is 15.6 Å². The second kappa shape index (κ2) is 5.64. The SMILES string of the molecule is Cc1cc(NC(=O)NCC2CCC(=O)N2)c(C(=O)O)[nH]1. The van der Waals surface area contributed by atoms with Crippen molar-refractivity contribution in [2.75, 3.05) is 11.9 Å². The number of carboxylic acid groups (broad SMARTS) is 1. The van der Waals surface area contributed by atoms with Gasteiger partial charge in [-0.15, -0.1) is 0 Å². The Labute approximate surface area is 114 Å². The summed E-state index contributed by atoms with van der Waals surface area (Å²) in [5, 5.41) is 16.8. The summed E-state index contributed by atoms with van der Waals surface area (Å²) in [5.41, 5.74) is 0.788. The maximum atomic E-state index is 11.7. The van der Waals surface area contributed by atoms with E-state index in [0.29, 0.717) is 25.1 Å². The second-order valence-electron chi connectivity index (χ2n) is 4.68. The van der Waals surface area contributed by atoms with Crippen LogP contribution in [0.3, 0.4) is 0 Å². The third kappa shape index (κ3) is 3.28. The van der Waals surface area contributed by atoms with Gasteiger partial charge in [-0.2, -0.15) is 0 Å². The first kappa shape index (κ1) is 13.9. The molecule has 0 bridgehead atoms. The maximum absolute atomic E-state index is 11.7. The third-order valence-corrected chi connectivity index (χ3v) is 3.01. The molecule has 1 atom stereocenters. The number of carbonyl (C=O) groups is 3. The molecule has 108 valence electrons. The van der Waals surface area contributed by atoms with Crippen LogP contribution in [0.4, 0.5) is 10.5 Å². The molecule has 1 aromatic rings. The largest absolute Gasteiger partial charge is 0.477 e. The molecule has 2 heterocycles. The molecule has 20 heavy (non-hydrogen) atoms. The van der Waals surface area contributed by atoms with E-state index in [0.717, 1.165) is 0 Å². The van der Waals surface area contributed by atoms with Gasteiger partial charge in [0.2, 0.25) is 5.91 Å². The summed E-state index contributed by atoms with van der Waals surface area (Å²) in [6, 6.07) is 0.966. The number of rotatable bonds is 4. The smallest absolute Gasteiger partial charge is 0.354 e. The van der Waals surface area contributed by atoms with E-state index in [-0.39, 0.29) is 23.3 Å². The first-order valence-electron chi connectivity index (χ1n) is 6.23. The molecule has 0 saturated carbocycles. The van der Waals surface area contributed by atoms with Gasteiger partial charge in [0.15, 0.2) is 0 Å². The van der Waals surface area contributed by atoms with Crippen LogP contribution >= 0.6 is 0 Å². The molecule has 0 aromatic carbocycles. The third-order valence-electron chi connectivity index (χ3n) is 3.01. The van der Waals surface area contributed by atoms with Gasteiger partial charge in [-0.05, 0) is 19.4 Å². The number of urea groups is 1. The number of aromatic nitrogens is 1. The standard InChI is InChI=1S/C12H16N4O4/c1-6-4-8(10(14-6)11(18)19)16-12(20)13-5-7-2-3-9(17)15-7/h4,7,14H,2-3,5H2,1H3,(H,15,17)(H,18,19)(H2,13,16,20). The lowest BCUT2D eigenvalue weighted by Crippen LogP contribution is -2.40. The molecule has 1 aliphatic rings. The molecule has 8 nitrogen and oxygen atoms in total. The lowest BCUT2D eigenvalue weighted by atomic mass is 10.2. The molecule has 5 N–H and O–H groups in total. The van der Waals surface area contributed by atoms with Gasteiger partial charge >= 0.3 is 12.0 Å². The Kier molecular flexibility index (Phi) is 3.92. The van der Waals surface area contributed by atoms with Crippen LogP contribution in [0.1, 0.15) is 29.0 Å². The van der Waals surface area contributed by atoms with Crippen molar-refractivity contribution in [1.29, 1.82) is 0 Å². The lowest BCUT2D eigenvalue weighted by Gasteiger charge is -2.11. The average molecular weight is 280 g/mol. The van der Waals surface area contributed by atoms with Crippen LogP contribution in [0.2, 0.25) is 0 Å². The zero-order chi connectivity index (χ0) is 14.7. The number of carboxylic acids is 1. The number of aromatic amines is 1. The molecule has 0 aliphatic carbocycles. The summed E-state index contributed by atoms with van der Waals surface area (Å²) in [5.74, 6) is -1.16. The second-order valence-corrected chi connectivity index (χ2v) is 4.68. The van der Waals surface area contributed by atoms with Gasteiger partial charge in [0, 0.05) is 24.7 Å². The van der Waals surface area contributed by atoms with E-state index < -0.39 is 12.0 Å². The Morgan fingerprint density at radius 3 is 2.85 bits per heavy atom. The highest BCUT2D eigenvalue weighted by atomic mass is 16.4. The van der Waals surface area contributed by atoms with E-state index >= 15 is 0 Å². The fourth-order valence-corrected chi connectivity index (χ4v) is 2.07. The topological polar surface area (TPSA) is 123 Å². The van der Waals surface area contributed by atoms with Gasteiger partial charge in [0.05, 0.1) is 5.69 Å². The molecule has 0 spiro atoms. The fourth-order valence-electron chi connectivity index (χ4n) is 2.07. The molecule has 1 aliphatic heterocycles. The predicted molar refractivity (Wildman–Crippen MR) is 70.7 cm³/mol. The number of nitrogens with one attached hydrogen (secondary N) is 4. The number of anilines is 1. The Balaban J connectivity index is 1.88. The molecule has 2 rings (SSSR count). The minimum Gasteiger partial charge on any atom is -0.477 e. The summed E-state index contributed by atoms with van der Waals surface area (Å²) >= 11 is 0. The Morgan fingerprint density at radius 1 is 1.50 bits per heavy atom. The van der Waals surface area contributed by atoms with E-state index in [2.05, 4.69) is 20.9 Å². The van der Waals surface area contributed by atoms with Crippen molar-refractivity contribution in [3.63, 3.8) is 0 Å². The number of carbonyl (C=O) groups excluding carboxylic acids is 2. The number of H-pyrrole nitrogens is 1. The molecule has 1 aromatic heterocycles. The van der Waals surface area contributed by atoms with Gasteiger partial charge in [-0.3, -0.25) is 4.79 Å². The van der Waals surface area contributed by atoms with E-state index in [9.17, 15) is 14.4 Å². The maximum Gasteiger partial charge on any atom is 0.354 e. The molecule has 1 fully saturated rings. The van der Waals surface area contributed by atoms with Crippen LogP contribution in [0.5, 0.6) is 0 Å². The van der Waals surface area contributed by atoms with Crippen LogP contribution in [0, 0.1) is 6.92 Å². The van der Waals surface area contributed by atoms with Crippen molar-refractivity contribution in [3.8, 4) is 0 Å². The van der Waals surface area contributed by atoms with Gasteiger partial charge in [0.25, 0.3) is 0 Å². The van der Waals surface area contributed by atoms with Crippen LogP contribution in [0.25, 0.3) is 0 Å². The van der Waals surface area contributed by atoms with Crippen molar-refractivity contribution < 1.29 is 19.5 Å². The first-order chi connectivity index (χ1) is 9.45. The van der Waals surface area contributed by atoms with E-state index in [1.165, 1.54) is 0 Å². The monoisotopic (exact) mass is 280 g/mol. The van der Waals surface area contributed by atoms with Crippen LogP contribution in [0.15, 0.2) is 6.07 Å². The van der Waals surface area contributed by atoms with Gasteiger partial charge < -0.3 is 26.0 Å². The molecular weight excluding hydrogens is 264 g/mol. The van der Waals surface area contributed by atoms with Crippen LogP contribution < -0.4 is 16.0 Å². The van der Waals surface area contributed by atoms with Gasteiger partial charge in [0.1, 0.15) is 5.69 Å². The molecule has 8 heteroatoms. The molecular formula is C12H16N4O4. The predicted octanol–water partition coefficient (Wildman–Crippen LogP) is 0.421. The van der Waals surface area contributed by atoms with Crippen LogP contribution in [-0.4, -0.2) is 40.6 Å². The van der Waals surface area contributed by atoms with Crippen molar-refractivity contribution in [3.05, 3.63) is 17.5 Å². The van der Waals surface area contributed by atoms with E-state index in [1.54, 1.807) is 13.0 Å². The highest BCUT2D eigenvalue weighted by Crippen LogP contribution is 2.16. The molecule has 1 saturated heterocycles. The van der Waals surface area contributed by atoms with Crippen molar-refractivity contribution in [2.24, 2.45) is 0 Å². The molecule has 0 radical (unpaired) electrons. The van der Waals surface area contributed by atoms with Crippen molar-refractivity contribution in [2.45, 2.75) is 25.8 Å².